The molecule has 1 aliphatic carbocycles. The fourth-order valence-electron chi connectivity index (χ4n) is 2.97. The molecule has 0 aromatic heterocycles. The molecule has 0 aromatic carbocycles. The summed E-state index contributed by atoms with van der Waals surface area (Å²) in [4.78, 5) is 13.6. The molecule has 2 rings (SSSR count). The van der Waals surface area contributed by atoms with Gasteiger partial charge in [-0.15, -0.1) is 0 Å². The molecule has 1 N–H and O–H groups in total. The number of rotatable bonds is 4. The summed E-state index contributed by atoms with van der Waals surface area (Å²) in [6.07, 6.45) is 7.25. The van der Waals surface area contributed by atoms with Crippen LogP contribution in [0.25, 0.3) is 0 Å². The first-order valence-corrected chi connectivity index (χ1v) is 6.26. The minimum absolute atomic E-state index is 0.355. The van der Waals surface area contributed by atoms with Crippen molar-refractivity contribution in [1.29, 1.82) is 0 Å². The molecular formula is C12H22N2O. The van der Waals surface area contributed by atoms with Crippen LogP contribution in [-0.2, 0) is 4.79 Å². The maximum absolute atomic E-state index is 11.5. The minimum atomic E-state index is 0.355. The summed E-state index contributed by atoms with van der Waals surface area (Å²) in [6, 6.07) is 0.523. The minimum Gasteiger partial charge on any atom is -0.341 e. The van der Waals surface area contributed by atoms with Crippen LogP contribution in [0.5, 0.6) is 0 Å². The van der Waals surface area contributed by atoms with Crippen molar-refractivity contribution in [2.75, 3.05) is 20.1 Å². The highest BCUT2D eigenvalue weighted by atomic mass is 16.2. The van der Waals surface area contributed by atoms with Gasteiger partial charge in [0.05, 0.1) is 0 Å². The van der Waals surface area contributed by atoms with Gasteiger partial charge >= 0.3 is 0 Å². The summed E-state index contributed by atoms with van der Waals surface area (Å²) in [5, 5.41) is 3.40. The zero-order valence-electron chi connectivity index (χ0n) is 9.67. The predicted octanol–water partition coefficient (Wildman–Crippen LogP) is 1.39. The van der Waals surface area contributed by atoms with Crippen molar-refractivity contribution in [2.24, 2.45) is 5.92 Å². The summed E-state index contributed by atoms with van der Waals surface area (Å²) < 4.78 is 0. The number of likely N-dealkylation sites (tertiary alicyclic amines) is 1. The monoisotopic (exact) mass is 210 g/mol. The van der Waals surface area contributed by atoms with E-state index in [0.717, 1.165) is 31.8 Å². The molecule has 1 heterocycles. The number of hydrogen-bond donors (Lipinski definition) is 1. The number of likely N-dealkylation sites (N-methyl/N-ethyl adjacent to an activating group) is 1. The Bertz CT molecular complexity index is 224. The molecule has 1 unspecified atom stereocenters. The first-order valence-electron chi connectivity index (χ1n) is 6.26. The second-order valence-corrected chi connectivity index (χ2v) is 4.88. The van der Waals surface area contributed by atoms with Crippen molar-refractivity contribution in [3.8, 4) is 0 Å². The van der Waals surface area contributed by atoms with Crippen LogP contribution in [0, 0.1) is 5.92 Å². The van der Waals surface area contributed by atoms with Gasteiger partial charge in [-0.1, -0.05) is 12.8 Å². The van der Waals surface area contributed by atoms with E-state index in [1.54, 1.807) is 0 Å². The van der Waals surface area contributed by atoms with Gasteiger partial charge in [-0.05, 0) is 32.2 Å². The van der Waals surface area contributed by atoms with E-state index in [4.69, 9.17) is 0 Å². The summed E-state index contributed by atoms with van der Waals surface area (Å²) in [6.45, 7) is 1.91. The molecule has 0 aromatic rings. The van der Waals surface area contributed by atoms with Crippen molar-refractivity contribution in [1.82, 2.24) is 10.2 Å². The molecule has 0 spiro atoms. The molecule has 0 radical (unpaired) electrons. The Morgan fingerprint density at radius 3 is 2.67 bits per heavy atom. The Balaban J connectivity index is 1.86. The van der Waals surface area contributed by atoms with Crippen molar-refractivity contribution >= 4 is 5.91 Å². The second kappa shape index (κ2) is 4.97. The van der Waals surface area contributed by atoms with Crippen molar-refractivity contribution in [3.63, 3.8) is 0 Å². The highest BCUT2D eigenvalue weighted by molar-refractivity contribution is 5.78. The van der Waals surface area contributed by atoms with Gasteiger partial charge in [0.2, 0.25) is 5.91 Å². The quantitative estimate of drug-likeness (QED) is 0.760. The van der Waals surface area contributed by atoms with Crippen molar-refractivity contribution in [3.05, 3.63) is 0 Å². The zero-order valence-corrected chi connectivity index (χ0v) is 9.67. The molecular weight excluding hydrogens is 188 g/mol. The van der Waals surface area contributed by atoms with Crippen LogP contribution in [0.1, 0.15) is 38.5 Å². The van der Waals surface area contributed by atoms with E-state index in [2.05, 4.69) is 5.32 Å². The van der Waals surface area contributed by atoms with E-state index < -0.39 is 0 Å². The first kappa shape index (κ1) is 10.9. The first-order chi connectivity index (χ1) is 7.31. The van der Waals surface area contributed by atoms with Gasteiger partial charge in [-0.2, -0.15) is 0 Å². The highest BCUT2D eigenvalue weighted by Gasteiger charge is 2.28. The molecule has 86 valence electrons. The summed E-state index contributed by atoms with van der Waals surface area (Å²) in [5.41, 5.74) is 0. The second-order valence-electron chi connectivity index (χ2n) is 4.88. The van der Waals surface area contributed by atoms with E-state index in [9.17, 15) is 4.79 Å². The van der Waals surface area contributed by atoms with Crippen LogP contribution in [0.4, 0.5) is 0 Å². The van der Waals surface area contributed by atoms with E-state index in [-0.39, 0.29) is 0 Å². The van der Waals surface area contributed by atoms with Crippen LogP contribution in [0.3, 0.4) is 0 Å². The molecule has 0 bridgehead atoms. The van der Waals surface area contributed by atoms with Crippen LogP contribution in [0.15, 0.2) is 0 Å². The Kier molecular flexibility index (Phi) is 3.62. The van der Waals surface area contributed by atoms with Gasteiger partial charge in [-0.3, -0.25) is 4.79 Å². The Labute approximate surface area is 92.2 Å². The summed E-state index contributed by atoms with van der Waals surface area (Å²) >= 11 is 0. The van der Waals surface area contributed by atoms with Gasteiger partial charge in [0.25, 0.3) is 0 Å². The maximum atomic E-state index is 11.5. The van der Waals surface area contributed by atoms with Crippen LogP contribution in [0.2, 0.25) is 0 Å². The topological polar surface area (TPSA) is 32.3 Å². The van der Waals surface area contributed by atoms with Gasteiger partial charge < -0.3 is 10.2 Å². The average Bonchev–Trinajstić information content (AvgIpc) is 2.86. The fourth-order valence-corrected chi connectivity index (χ4v) is 2.97. The average molecular weight is 210 g/mol. The van der Waals surface area contributed by atoms with E-state index in [1.807, 2.05) is 11.9 Å². The zero-order chi connectivity index (χ0) is 10.7. The molecule has 1 saturated carbocycles. The molecule has 1 atom stereocenters. The predicted molar refractivity (Wildman–Crippen MR) is 60.6 cm³/mol. The lowest BCUT2D eigenvalue weighted by atomic mass is 9.98. The largest absolute Gasteiger partial charge is 0.341 e. The number of nitrogens with one attached hydrogen (secondary N) is 1. The van der Waals surface area contributed by atoms with Crippen LogP contribution in [-0.4, -0.2) is 37.0 Å². The number of carbonyl (C=O) groups is 1. The van der Waals surface area contributed by atoms with Gasteiger partial charge in [0, 0.05) is 25.6 Å². The summed E-state index contributed by atoms with van der Waals surface area (Å²) in [7, 11) is 2.03. The van der Waals surface area contributed by atoms with Crippen molar-refractivity contribution in [2.45, 2.75) is 44.6 Å². The van der Waals surface area contributed by atoms with Crippen LogP contribution < -0.4 is 5.32 Å². The molecule has 1 saturated heterocycles. The number of nitrogens with zero attached hydrogens (tertiary/aromatic N) is 1. The Hall–Kier alpha value is -0.570. The van der Waals surface area contributed by atoms with Crippen LogP contribution >= 0.6 is 0 Å². The van der Waals surface area contributed by atoms with E-state index >= 15 is 0 Å². The Morgan fingerprint density at radius 1 is 1.40 bits per heavy atom. The summed E-state index contributed by atoms with van der Waals surface area (Å²) in [5.74, 6) is 1.15. The molecule has 2 aliphatic rings. The highest BCUT2D eigenvalue weighted by Crippen LogP contribution is 2.28. The third-order valence-corrected chi connectivity index (χ3v) is 3.93. The lowest BCUT2D eigenvalue weighted by Crippen LogP contribution is -2.43. The molecule has 2 fully saturated rings. The lowest BCUT2D eigenvalue weighted by Gasteiger charge is -2.27. The molecule has 3 heteroatoms. The van der Waals surface area contributed by atoms with E-state index in [1.165, 1.54) is 25.7 Å². The lowest BCUT2D eigenvalue weighted by molar-refractivity contribution is -0.128. The Morgan fingerprint density at radius 2 is 2.13 bits per heavy atom. The normalized spacial score (nSPS) is 25.1. The SMILES string of the molecule is CNC(CN1CCCC1=O)C1CCCC1. The molecule has 1 aliphatic heterocycles. The third kappa shape index (κ3) is 2.51. The number of carbonyl (C=O) groups excluding carboxylic acids is 1. The van der Waals surface area contributed by atoms with Crippen molar-refractivity contribution < 1.29 is 4.79 Å². The van der Waals surface area contributed by atoms with Gasteiger partial charge in [0.15, 0.2) is 0 Å². The van der Waals surface area contributed by atoms with Gasteiger partial charge in [-0.25, -0.2) is 0 Å². The maximum Gasteiger partial charge on any atom is 0.222 e. The van der Waals surface area contributed by atoms with E-state index in [0.29, 0.717) is 11.9 Å². The smallest absolute Gasteiger partial charge is 0.222 e. The third-order valence-electron chi connectivity index (χ3n) is 3.93. The number of amides is 1. The van der Waals surface area contributed by atoms with Gasteiger partial charge in [0.1, 0.15) is 0 Å². The molecule has 15 heavy (non-hydrogen) atoms. The fraction of sp³-hybridized carbons (Fsp3) is 0.917. The molecule has 3 nitrogen and oxygen atoms in total. The number of hydrogen-bond acceptors (Lipinski definition) is 2. The standard InChI is InChI=1S/C12H22N2O/c1-13-11(10-5-2-3-6-10)9-14-8-4-7-12(14)15/h10-11,13H,2-9H2,1H3. The molecule has 1 amide bonds.